The van der Waals surface area contributed by atoms with Crippen molar-refractivity contribution in [3.05, 3.63) is 76.0 Å². The Hall–Kier alpha value is -2.10. The van der Waals surface area contributed by atoms with Crippen molar-refractivity contribution in [2.75, 3.05) is 0 Å². The highest BCUT2D eigenvalue weighted by Crippen LogP contribution is 2.22. The zero-order valence-electron chi connectivity index (χ0n) is 12.4. The molecule has 0 saturated carbocycles. The summed E-state index contributed by atoms with van der Waals surface area (Å²) in [7, 11) is 0. The van der Waals surface area contributed by atoms with E-state index in [1.165, 1.54) is 0 Å². The van der Waals surface area contributed by atoms with E-state index in [9.17, 15) is 4.79 Å². The van der Waals surface area contributed by atoms with E-state index in [-0.39, 0.29) is 27.8 Å². The van der Waals surface area contributed by atoms with Crippen molar-refractivity contribution in [2.24, 2.45) is 0 Å². The summed E-state index contributed by atoms with van der Waals surface area (Å²) >= 11 is 11.8. The normalized spacial score (nSPS) is 12.1. The SMILES string of the molecule is C[C@H](NC(=O)c1nc(Cl)ccc1Cl)c1ccc2ccccc2c1. The predicted molar refractivity (Wildman–Crippen MR) is 94.1 cm³/mol. The standard InChI is InChI=1S/C18H14Cl2N2O/c1-11(13-7-6-12-4-2-3-5-14(12)10-13)21-18(23)17-15(19)8-9-16(20)22-17/h2-11H,1H3,(H,21,23)/t11-/m0/s1. The van der Waals surface area contributed by atoms with Gasteiger partial charge in [0.15, 0.2) is 0 Å². The van der Waals surface area contributed by atoms with Gasteiger partial charge in [-0.3, -0.25) is 4.79 Å². The number of benzene rings is 2. The van der Waals surface area contributed by atoms with Gasteiger partial charge in [0.05, 0.1) is 11.1 Å². The Kier molecular flexibility index (Phi) is 4.51. The minimum absolute atomic E-state index is 0.131. The van der Waals surface area contributed by atoms with Gasteiger partial charge in [-0.05, 0) is 41.5 Å². The maximum atomic E-state index is 12.3. The molecule has 0 aliphatic heterocycles. The molecule has 0 saturated heterocycles. The number of carbonyl (C=O) groups is 1. The van der Waals surface area contributed by atoms with Crippen LogP contribution in [-0.4, -0.2) is 10.9 Å². The summed E-state index contributed by atoms with van der Waals surface area (Å²) in [6.07, 6.45) is 0. The third-order valence-corrected chi connectivity index (χ3v) is 4.16. The van der Waals surface area contributed by atoms with Crippen molar-refractivity contribution in [1.29, 1.82) is 0 Å². The first-order chi connectivity index (χ1) is 11.0. The van der Waals surface area contributed by atoms with Crippen LogP contribution in [0.5, 0.6) is 0 Å². The molecule has 1 atom stereocenters. The number of pyridine rings is 1. The molecule has 1 aromatic heterocycles. The molecule has 0 radical (unpaired) electrons. The second-order valence-corrected chi connectivity index (χ2v) is 6.06. The van der Waals surface area contributed by atoms with Gasteiger partial charge in [-0.2, -0.15) is 0 Å². The first kappa shape index (κ1) is 15.8. The first-order valence-electron chi connectivity index (χ1n) is 7.16. The van der Waals surface area contributed by atoms with Crippen molar-refractivity contribution in [2.45, 2.75) is 13.0 Å². The van der Waals surface area contributed by atoms with Gasteiger partial charge in [-0.25, -0.2) is 4.98 Å². The van der Waals surface area contributed by atoms with E-state index in [0.717, 1.165) is 16.3 Å². The van der Waals surface area contributed by atoms with Crippen molar-refractivity contribution in [3.63, 3.8) is 0 Å². The molecule has 3 nitrogen and oxygen atoms in total. The number of amides is 1. The number of hydrogen-bond donors (Lipinski definition) is 1. The molecular weight excluding hydrogens is 331 g/mol. The van der Waals surface area contributed by atoms with Gasteiger partial charge >= 0.3 is 0 Å². The fourth-order valence-corrected chi connectivity index (χ4v) is 2.74. The molecule has 116 valence electrons. The fraction of sp³-hybridized carbons (Fsp3) is 0.111. The highest BCUT2D eigenvalue weighted by atomic mass is 35.5. The van der Waals surface area contributed by atoms with E-state index in [1.54, 1.807) is 12.1 Å². The average Bonchev–Trinajstić information content (AvgIpc) is 2.56. The minimum atomic E-state index is -0.349. The highest BCUT2D eigenvalue weighted by Gasteiger charge is 2.16. The number of aromatic nitrogens is 1. The second-order valence-electron chi connectivity index (χ2n) is 5.27. The van der Waals surface area contributed by atoms with Crippen LogP contribution < -0.4 is 5.32 Å². The molecule has 1 N–H and O–H groups in total. The van der Waals surface area contributed by atoms with Crippen LogP contribution in [0.2, 0.25) is 10.2 Å². The Morgan fingerprint density at radius 1 is 1.04 bits per heavy atom. The van der Waals surface area contributed by atoms with E-state index in [4.69, 9.17) is 23.2 Å². The van der Waals surface area contributed by atoms with E-state index in [1.807, 2.05) is 37.3 Å². The van der Waals surface area contributed by atoms with Gasteiger partial charge < -0.3 is 5.32 Å². The van der Waals surface area contributed by atoms with Crippen LogP contribution in [0.15, 0.2) is 54.6 Å². The summed E-state index contributed by atoms with van der Waals surface area (Å²) in [5.74, 6) is -0.349. The molecule has 0 aliphatic carbocycles. The molecule has 0 unspecified atom stereocenters. The second kappa shape index (κ2) is 6.57. The molecule has 0 fully saturated rings. The number of fused-ring (bicyclic) bond motifs is 1. The largest absolute Gasteiger partial charge is 0.344 e. The number of rotatable bonds is 3. The average molecular weight is 345 g/mol. The van der Waals surface area contributed by atoms with E-state index in [2.05, 4.69) is 22.4 Å². The molecule has 1 heterocycles. The number of nitrogens with one attached hydrogen (secondary N) is 1. The van der Waals surface area contributed by atoms with Gasteiger partial charge in [0, 0.05) is 0 Å². The Morgan fingerprint density at radius 2 is 1.78 bits per heavy atom. The van der Waals surface area contributed by atoms with Gasteiger partial charge in [0.2, 0.25) is 0 Å². The zero-order chi connectivity index (χ0) is 16.4. The first-order valence-corrected chi connectivity index (χ1v) is 7.92. The Morgan fingerprint density at radius 3 is 2.57 bits per heavy atom. The molecule has 0 aliphatic rings. The van der Waals surface area contributed by atoms with Crippen LogP contribution >= 0.6 is 23.2 Å². The van der Waals surface area contributed by atoms with Gasteiger partial charge in [-0.15, -0.1) is 0 Å². The lowest BCUT2D eigenvalue weighted by molar-refractivity contribution is 0.0935. The Bertz CT molecular complexity index is 880. The van der Waals surface area contributed by atoms with Gasteiger partial charge in [-0.1, -0.05) is 59.6 Å². The number of carbonyl (C=O) groups excluding carboxylic acids is 1. The summed E-state index contributed by atoms with van der Waals surface area (Å²) in [6, 6.07) is 17.1. The van der Waals surface area contributed by atoms with Crippen molar-refractivity contribution >= 4 is 39.9 Å². The predicted octanol–water partition coefficient (Wildman–Crippen LogP) is 5.03. The van der Waals surface area contributed by atoms with Crippen LogP contribution in [0.4, 0.5) is 0 Å². The maximum absolute atomic E-state index is 12.3. The Balaban J connectivity index is 1.83. The third kappa shape index (κ3) is 3.46. The molecular formula is C18H14Cl2N2O. The maximum Gasteiger partial charge on any atom is 0.271 e. The quantitative estimate of drug-likeness (QED) is 0.676. The molecule has 5 heteroatoms. The van der Waals surface area contributed by atoms with Crippen LogP contribution in [-0.2, 0) is 0 Å². The van der Waals surface area contributed by atoms with Crippen LogP contribution in [0.25, 0.3) is 10.8 Å². The third-order valence-electron chi connectivity index (χ3n) is 3.65. The lowest BCUT2D eigenvalue weighted by Crippen LogP contribution is -2.27. The molecule has 0 bridgehead atoms. The van der Waals surface area contributed by atoms with Crippen LogP contribution in [0.1, 0.15) is 29.0 Å². The summed E-state index contributed by atoms with van der Waals surface area (Å²) in [6.45, 7) is 1.92. The lowest BCUT2D eigenvalue weighted by Gasteiger charge is -2.15. The monoisotopic (exact) mass is 344 g/mol. The molecule has 23 heavy (non-hydrogen) atoms. The molecule has 2 aromatic carbocycles. The van der Waals surface area contributed by atoms with Gasteiger partial charge in [0.1, 0.15) is 10.8 Å². The number of nitrogens with zero attached hydrogens (tertiary/aromatic N) is 1. The van der Waals surface area contributed by atoms with Crippen LogP contribution in [0, 0.1) is 0 Å². The van der Waals surface area contributed by atoms with Crippen LogP contribution in [0.3, 0.4) is 0 Å². The van der Waals surface area contributed by atoms with E-state index in [0.29, 0.717) is 0 Å². The fourth-order valence-electron chi connectivity index (χ4n) is 2.40. The smallest absolute Gasteiger partial charge is 0.271 e. The van der Waals surface area contributed by atoms with E-state index >= 15 is 0 Å². The molecule has 3 aromatic rings. The Labute approximate surface area is 144 Å². The topological polar surface area (TPSA) is 42.0 Å². The minimum Gasteiger partial charge on any atom is -0.344 e. The summed E-state index contributed by atoms with van der Waals surface area (Å²) in [5, 5.41) is 5.70. The lowest BCUT2D eigenvalue weighted by atomic mass is 10.0. The summed E-state index contributed by atoms with van der Waals surface area (Å²) < 4.78 is 0. The molecule has 3 rings (SSSR count). The number of halogens is 2. The van der Waals surface area contributed by atoms with Crippen molar-refractivity contribution in [3.8, 4) is 0 Å². The highest BCUT2D eigenvalue weighted by molar-refractivity contribution is 6.34. The zero-order valence-corrected chi connectivity index (χ0v) is 13.9. The van der Waals surface area contributed by atoms with Crippen molar-refractivity contribution in [1.82, 2.24) is 10.3 Å². The summed E-state index contributed by atoms with van der Waals surface area (Å²) in [4.78, 5) is 16.3. The van der Waals surface area contributed by atoms with E-state index < -0.39 is 0 Å². The summed E-state index contributed by atoms with van der Waals surface area (Å²) in [5.41, 5.74) is 1.14. The molecule has 0 spiro atoms. The molecule has 1 amide bonds. The van der Waals surface area contributed by atoms with Crippen molar-refractivity contribution < 1.29 is 4.79 Å². The number of hydrogen-bond acceptors (Lipinski definition) is 2. The van der Waals surface area contributed by atoms with Gasteiger partial charge in [0.25, 0.3) is 5.91 Å².